The molecule has 1 atom stereocenters. The van der Waals surface area contributed by atoms with Crippen molar-refractivity contribution in [3.05, 3.63) is 35.9 Å². The molecule has 1 heterocycles. The second-order valence-electron chi connectivity index (χ2n) is 4.65. The van der Waals surface area contributed by atoms with E-state index in [4.69, 9.17) is 0 Å². The highest BCUT2D eigenvalue weighted by molar-refractivity contribution is 5.14. The highest BCUT2D eigenvalue weighted by Crippen LogP contribution is 2.18. The molecule has 1 nitrogen and oxygen atoms in total. The Kier molecular flexibility index (Phi) is 3.79. The third-order valence-electron chi connectivity index (χ3n) is 3.42. The largest absolute Gasteiger partial charge is 0.296 e. The van der Waals surface area contributed by atoms with Crippen LogP contribution in [0.3, 0.4) is 0 Å². The monoisotopic (exact) mass is 203 g/mol. The molecule has 0 saturated carbocycles. The van der Waals surface area contributed by atoms with Gasteiger partial charge in [0.05, 0.1) is 0 Å². The Labute approximate surface area is 93.1 Å². The molecule has 0 N–H and O–H groups in total. The van der Waals surface area contributed by atoms with Crippen LogP contribution >= 0.6 is 0 Å². The molecular weight excluding hydrogens is 182 g/mol. The van der Waals surface area contributed by atoms with Gasteiger partial charge in [-0.25, -0.2) is 0 Å². The van der Waals surface area contributed by atoms with Gasteiger partial charge in [-0.1, -0.05) is 43.2 Å². The minimum atomic E-state index is 0.757. The van der Waals surface area contributed by atoms with Crippen molar-refractivity contribution in [1.29, 1.82) is 0 Å². The van der Waals surface area contributed by atoms with E-state index in [-0.39, 0.29) is 0 Å². The molecule has 0 aromatic heterocycles. The van der Waals surface area contributed by atoms with Gasteiger partial charge < -0.3 is 0 Å². The number of hydrogen-bond donors (Lipinski definition) is 0. The molecule has 1 fully saturated rings. The van der Waals surface area contributed by atoms with Crippen LogP contribution in [-0.4, -0.2) is 17.5 Å². The van der Waals surface area contributed by atoms with E-state index in [1.165, 1.54) is 37.8 Å². The van der Waals surface area contributed by atoms with Gasteiger partial charge in [0.15, 0.2) is 0 Å². The van der Waals surface area contributed by atoms with Gasteiger partial charge in [-0.2, -0.15) is 0 Å². The summed E-state index contributed by atoms with van der Waals surface area (Å²) in [6, 6.07) is 11.6. The van der Waals surface area contributed by atoms with Crippen LogP contribution in [0.2, 0.25) is 0 Å². The van der Waals surface area contributed by atoms with Gasteiger partial charge in [0.1, 0.15) is 0 Å². The average molecular weight is 203 g/mol. The minimum Gasteiger partial charge on any atom is -0.296 e. The Hall–Kier alpha value is -0.820. The standard InChI is InChI=1S/C14H21N/c1-13-8-4-3-7-11-15(13)12-14-9-5-2-6-10-14/h2,5-6,9-10,13H,3-4,7-8,11-12H2,1H3. The molecule has 0 bridgehead atoms. The fourth-order valence-electron chi connectivity index (χ4n) is 2.39. The van der Waals surface area contributed by atoms with Crippen molar-refractivity contribution in [1.82, 2.24) is 4.90 Å². The number of rotatable bonds is 2. The molecule has 0 radical (unpaired) electrons. The van der Waals surface area contributed by atoms with Gasteiger partial charge in [0.2, 0.25) is 0 Å². The molecule has 1 unspecified atom stereocenters. The lowest BCUT2D eigenvalue weighted by atomic mass is 10.1. The Morgan fingerprint density at radius 3 is 2.73 bits per heavy atom. The third-order valence-corrected chi connectivity index (χ3v) is 3.42. The lowest BCUT2D eigenvalue weighted by Gasteiger charge is -2.26. The second kappa shape index (κ2) is 5.32. The summed E-state index contributed by atoms with van der Waals surface area (Å²) in [6.45, 7) is 4.77. The number of hydrogen-bond acceptors (Lipinski definition) is 1. The minimum absolute atomic E-state index is 0.757. The summed E-state index contributed by atoms with van der Waals surface area (Å²) in [4.78, 5) is 2.63. The van der Waals surface area contributed by atoms with E-state index in [0.29, 0.717) is 0 Å². The van der Waals surface area contributed by atoms with Crippen molar-refractivity contribution in [3.63, 3.8) is 0 Å². The Morgan fingerprint density at radius 1 is 1.13 bits per heavy atom. The first kappa shape index (κ1) is 10.7. The van der Waals surface area contributed by atoms with Gasteiger partial charge in [-0.15, -0.1) is 0 Å². The van der Waals surface area contributed by atoms with Crippen molar-refractivity contribution in [2.75, 3.05) is 6.54 Å². The van der Waals surface area contributed by atoms with Crippen molar-refractivity contribution < 1.29 is 0 Å². The zero-order valence-corrected chi connectivity index (χ0v) is 9.65. The Bertz CT molecular complexity index is 281. The molecule has 0 aliphatic carbocycles. The molecule has 1 aromatic rings. The average Bonchev–Trinajstić information content (AvgIpc) is 2.46. The first-order valence-electron chi connectivity index (χ1n) is 6.14. The van der Waals surface area contributed by atoms with Crippen LogP contribution in [0, 0.1) is 0 Å². The van der Waals surface area contributed by atoms with Crippen LogP contribution in [0.1, 0.15) is 38.2 Å². The zero-order chi connectivity index (χ0) is 10.5. The maximum absolute atomic E-state index is 2.63. The van der Waals surface area contributed by atoms with Crippen LogP contribution in [0.25, 0.3) is 0 Å². The quantitative estimate of drug-likeness (QED) is 0.711. The molecule has 1 heteroatoms. The molecule has 0 spiro atoms. The fraction of sp³-hybridized carbons (Fsp3) is 0.571. The van der Waals surface area contributed by atoms with Gasteiger partial charge in [0.25, 0.3) is 0 Å². The van der Waals surface area contributed by atoms with Crippen LogP contribution in [-0.2, 0) is 6.54 Å². The van der Waals surface area contributed by atoms with E-state index < -0.39 is 0 Å². The number of likely N-dealkylation sites (tertiary alicyclic amines) is 1. The summed E-state index contributed by atoms with van der Waals surface area (Å²) >= 11 is 0. The topological polar surface area (TPSA) is 3.24 Å². The normalized spacial score (nSPS) is 23.7. The Balaban J connectivity index is 1.97. The van der Waals surface area contributed by atoms with Crippen molar-refractivity contribution in [3.8, 4) is 0 Å². The fourth-order valence-corrected chi connectivity index (χ4v) is 2.39. The summed E-state index contributed by atoms with van der Waals surface area (Å²) in [6.07, 6.45) is 5.56. The van der Waals surface area contributed by atoms with E-state index in [1.807, 2.05) is 0 Å². The summed E-state index contributed by atoms with van der Waals surface area (Å²) in [7, 11) is 0. The van der Waals surface area contributed by atoms with E-state index in [0.717, 1.165) is 12.6 Å². The maximum atomic E-state index is 2.63. The summed E-state index contributed by atoms with van der Waals surface area (Å²) in [5.74, 6) is 0. The predicted octanol–water partition coefficient (Wildman–Crippen LogP) is 3.45. The lowest BCUT2D eigenvalue weighted by Crippen LogP contribution is -2.31. The summed E-state index contributed by atoms with van der Waals surface area (Å²) < 4.78 is 0. The van der Waals surface area contributed by atoms with Crippen molar-refractivity contribution in [2.24, 2.45) is 0 Å². The molecule has 1 saturated heterocycles. The molecular formula is C14H21N. The van der Waals surface area contributed by atoms with Crippen molar-refractivity contribution in [2.45, 2.75) is 45.2 Å². The van der Waals surface area contributed by atoms with Crippen LogP contribution in [0.4, 0.5) is 0 Å². The molecule has 1 aliphatic heterocycles. The van der Waals surface area contributed by atoms with Crippen LogP contribution < -0.4 is 0 Å². The molecule has 1 aliphatic rings. The van der Waals surface area contributed by atoms with E-state index in [2.05, 4.69) is 42.2 Å². The predicted molar refractivity (Wildman–Crippen MR) is 64.8 cm³/mol. The highest BCUT2D eigenvalue weighted by Gasteiger charge is 2.16. The molecule has 15 heavy (non-hydrogen) atoms. The van der Waals surface area contributed by atoms with Gasteiger partial charge in [-0.05, 0) is 31.9 Å². The van der Waals surface area contributed by atoms with Crippen LogP contribution in [0.15, 0.2) is 30.3 Å². The van der Waals surface area contributed by atoms with E-state index in [9.17, 15) is 0 Å². The Morgan fingerprint density at radius 2 is 1.93 bits per heavy atom. The highest BCUT2D eigenvalue weighted by atomic mass is 15.1. The molecule has 82 valence electrons. The summed E-state index contributed by atoms with van der Waals surface area (Å²) in [5, 5.41) is 0. The van der Waals surface area contributed by atoms with Gasteiger partial charge in [0, 0.05) is 12.6 Å². The number of benzene rings is 1. The van der Waals surface area contributed by atoms with Crippen molar-refractivity contribution >= 4 is 0 Å². The SMILES string of the molecule is CC1CCCCCN1Cc1ccccc1. The summed E-state index contributed by atoms with van der Waals surface area (Å²) in [5.41, 5.74) is 1.45. The zero-order valence-electron chi connectivity index (χ0n) is 9.65. The molecule has 1 aromatic carbocycles. The third kappa shape index (κ3) is 3.07. The van der Waals surface area contributed by atoms with Gasteiger partial charge in [-0.3, -0.25) is 4.90 Å². The number of nitrogens with zero attached hydrogens (tertiary/aromatic N) is 1. The first-order valence-corrected chi connectivity index (χ1v) is 6.14. The molecule has 0 amide bonds. The van der Waals surface area contributed by atoms with Crippen LogP contribution in [0.5, 0.6) is 0 Å². The second-order valence-corrected chi connectivity index (χ2v) is 4.65. The maximum Gasteiger partial charge on any atom is 0.0236 e. The first-order chi connectivity index (χ1) is 7.36. The molecule has 2 rings (SSSR count). The van der Waals surface area contributed by atoms with Gasteiger partial charge >= 0.3 is 0 Å². The smallest absolute Gasteiger partial charge is 0.0236 e. The van der Waals surface area contributed by atoms with E-state index >= 15 is 0 Å². The lowest BCUT2D eigenvalue weighted by molar-refractivity contribution is 0.205. The van der Waals surface area contributed by atoms with E-state index in [1.54, 1.807) is 0 Å².